The van der Waals surface area contributed by atoms with Crippen LogP contribution in [0.1, 0.15) is 21.5 Å². The van der Waals surface area contributed by atoms with E-state index in [9.17, 15) is 9.59 Å². The first-order valence-electron chi connectivity index (χ1n) is 9.03. The van der Waals surface area contributed by atoms with E-state index in [-0.39, 0.29) is 12.3 Å². The first-order chi connectivity index (χ1) is 13.6. The van der Waals surface area contributed by atoms with Crippen molar-refractivity contribution in [2.45, 2.75) is 19.1 Å². The zero-order valence-corrected chi connectivity index (χ0v) is 15.4. The number of primary amides is 1. The van der Waals surface area contributed by atoms with Gasteiger partial charge in [0, 0.05) is 12.0 Å². The second-order valence-electron chi connectivity index (χ2n) is 6.42. The lowest BCUT2D eigenvalue weighted by Gasteiger charge is -2.16. The minimum atomic E-state index is -0.808. The molecule has 3 rings (SSSR count). The first kappa shape index (κ1) is 19.2. The Morgan fingerprint density at radius 2 is 1.50 bits per heavy atom. The molecule has 0 aromatic heterocycles. The van der Waals surface area contributed by atoms with Gasteiger partial charge in [-0.15, -0.1) is 0 Å². The molecule has 0 heterocycles. The van der Waals surface area contributed by atoms with Crippen LogP contribution in [-0.4, -0.2) is 17.9 Å². The molecule has 0 bridgehead atoms. The van der Waals surface area contributed by atoms with Crippen LogP contribution >= 0.6 is 0 Å². The zero-order chi connectivity index (χ0) is 19.8. The fourth-order valence-electron chi connectivity index (χ4n) is 2.79. The van der Waals surface area contributed by atoms with Gasteiger partial charge in [0.25, 0.3) is 5.91 Å². The maximum Gasteiger partial charge on any atom is 0.251 e. The van der Waals surface area contributed by atoms with E-state index in [2.05, 4.69) is 5.32 Å². The summed E-state index contributed by atoms with van der Waals surface area (Å²) in [5.74, 6) is -0.222. The van der Waals surface area contributed by atoms with Crippen molar-refractivity contribution in [3.63, 3.8) is 0 Å². The van der Waals surface area contributed by atoms with Gasteiger partial charge in [-0.25, -0.2) is 0 Å². The van der Waals surface area contributed by atoms with Crippen LogP contribution in [0.3, 0.4) is 0 Å². The quantitative estimate of drug-likeness (QED) is 0.636. The smallest absolute Gasteiger partial charge is 0.251 e. The number of rotatable bonds is 8. The number of hydrogen-bond donors (Lipinski definition) is 2. The Hall–Kier alpha value is -3.60. The van der Waals surface area contributed by atoms with Crippen molar-refractivity contribution in [2.75, 3.05) is 0 Å². The minimum Gasteiger partial charge on any atom is -0.489 e. The van der Waals surface area contributed by atoms with Gasteiger partial charge >= 0.3 is 0 Å². The Morgan fingerprint density at radius 3 is 2.18 bits per heavy atom. The first-order valence-corrected chi connectivity index (χ1v) is 9.03. The second kappa shape index (κ2) is 9.37. The van der Waals surface area contributed by atoms with Crippen LogP contribution in [0.15, 0.2) is 84.9 Å². The number of nitrogens with one attached hydrogen (secondary N) is 1. The summed E-state index contributed by atoms with van der Waals surface area (Å²) in [6.07, 6.45) is 0.288. The minimum absolute atomic E-state index is 0.288. The molecule has 0 radical (unpaired) electrons. The highest BCUT2D eigenvalue weighted by molar-refractivity contribution is 5.97. The molecule has 3 N–H and O–H groups in total. The van der Waals surface area contributed by atoms with Crippen molar-refractivity contribution in [3.05, 3.63) is 102 Å². The van der Waals surface area contributed by atoms with E-state index in [1.165, 1.54) is 0 Å². The van der Waals surface area contributed by atoms with E-state index in [1.54, 1.807) is 24.3 Å². The third kappa shape index (κ3) is 5.45. The van der Waals surface area contributed by atoms with Crippen molar-refractivity contribution in [2.24, 2.45) is 5.73 Å². The summed E-state index contributed by atoms with van der Waals surface area (Å²) in [4.78, 5) is 24.2. The lowest BCUT2D eigenvalue weighted by atomic mass is 10.0. The van der Waals surface area contributed by atoms with Gasteiger partial charge in [-0.2, -0.15) is 0 Å². The van der Waals surface area contributed by atoms with Gasteiger partial charge in [0.1, 0.15) is 18.4 Å². The highest BCUT2D eigenvalue weighted by Crippen LogP contribution is 2.17. The van der Waals surface area contributed by atoms with Crippen molar-refractivity contribution in [3.8, 4) is 5.75 Å². The Balaban J connectivity index is 1.64. The normalized spacial score (nSPS) is 11.4. The summed E-state index contributed by atoms with van der Waals surface area (Å²) < 4.78 is 5.82. The average Bonchev–Trinajstić information content (AvgIpc) is 2.73. The third-order valence-corrected chi connectivity index (χ3v) is 4.27. The van der Waals surface area contributed by atoms with Crippen molar-refractivity contribution < 1.29 is 14.3 Å². The predicted octanol–water partition coefficient (Wildman–Crippen LogP) is 3.09. The van der Waals surface area contributed by atoms with Crippen molar-refractivity contribution in [1.29, 1.82) is 0 Å². The molecule has 0 saturated carbocycles. The van der Waals surface area contributed by atoms with Gasteiger partial charge in [0.2, 0.25) is 5.91 Å². The van der Waals surface area contributed by atoms with Gasteiger partial charge in [-0.1, -0.05) is 60.7 Å². The molecule has 1 atom stereocenters. The Kier molecular flexibility index (Phi) is 6.41. The van der Waals surface area contributed by atoms with E-state index in [1.807, 2.05) is 60.7 Å². The molecule has 28 heavy (non-hydrogen) atoms. The fourth-order valence-corrected chi connectivity index (χ4v) is 2.79. The monoisotopic (exact) mass is 374 g/mol. The third-order valence-electron chi connectivity index (χ3n) is 4.27. The average molecular weight is 374 g/mol. The Bertz CT molecular complexity index is 927. The maximum absolute atomic E-state index is 12.3. The molecule has 5 nitrogen and oxygen atoms in total. The second-order valence-corrected chi connectivity index (χ2v) is 6.42. The molecule has 0 spiro atoms. The van der Waals surface area contributed by atoms with Crippen LogP contribution < -0.4 is 15.8 Å². The van der Waals surface area contributed by atoms with E-state index in [0.717, 1.165) is 11.1 Å². The summed E-state index contributed by atoms with van der Waals surface area (Å²) in [5.41, 5.74) is 7.90. The van der Waals surface area contributed by atoms with Crippen LogP contribution in [0, 0.1) is 0 Å². The standard InChI is InChI=1S/C23H22N2O3/c24-22(26)21(25-23(27)19-11-5-2-6-12-19)15-18-10-7-13-20(14-18)28-16-17-8-3-1-4-9-17/h1-14,21H,15-16H2,(H2,24,26)(H,25,27)/t21-/m0/s1. The number of carbonyl (C=O) groups excluding carboxylic acids is 2. The molecule has 3 aromatic rings. The number of nitrogens with two attached hydrogens (primary N) is 1. The van der Waals surface area contributed by atoms with Crippen LogP contribution in [0.5, 0.6) is 5.75 Å². The van der Waals surface area contributed by atoms with Crippen LogP contribution in [0.2, 0.25) is 0 Å². The van der Waals surface area contributed by atoms with Crippen LogP contribution in [0.4, 0.5) is 0 Å². The van der Waals surface area contributed by atoms with Gasteiger partial charge in [-0.3, -0.25) is 9.59 Å². The number of amides is 2. The zero-order valence-electron chi connectivity index (χ0n) is 15.4. The highest BCUT2D eigenvalue weighted by Gasteiger charge is 2.19. The fraction of sp³-hybridized carbons (Fsp3) is 0.130. The Labute approximate surface area is 164 Å². The van der Waals surface area contributed by atoms with Crippen LogP contribution in [0.25, 0.3) is 0 Å². The molecule has 0 fully saturated rings. The Morgan fingerprint density at radius 1 is 0.857 bits per heavy atom. The maximum atomic E-state index is 12.3. The molecule has 0 unspecified atom stereocenters. The molecule has 142 valence electrons. The van der Waals surface area contributed by atoms with E-state index in [4.69, 9.17) is 10.5 Å². The molecular weight excluding hydrogens is 352 g/mol. The molecule has 0 saturated heterocycles. The molecule has 0 aliphatic rings. The summed E-state index contributed by atoms with van der Waals surface area (Å²) >= 11 is 0. The van der Waals surface area contributed by atoms with E-state index < -0.39 is 11.9 Å². The highest BCUT2D eigenvalue weighted by atomic mass is 16.5. The molecule has 0 aliphatic heterocycles. The summed E-state index contributed by atoms with van der Waals surface area (Å²) in [5, 5.41) is 2.70. The number of ether oxygens (including phenoxy) is 1. The molecule has 3 aromatic carbocycles. The van der Waals surface area contributed by atoms with E-state index >= 15 is 0 Å². The SMILES string of the molecule is NC(=O)[C@H](Cc1cccc(OCc2ccccc2)c1)NC(=O)c1ccccc1. The largest absolute Gasteiger partial charge is 0.489 e. The summed E-state index contributed by atoms with van der Waals surface area (Å²) in [6.45, 7) is 0.453. The lowest BCUT2D eigenvalue weighted by Crippen LogP contribution is -2.45. The predicted molar refractivity (Wildman–Crippen MR) is 108 cm³/mol. The number of benzene rings is 3. The van der Waals surface area contributed by atoms with Gasteiger partial charge < -0.3 is 15.8 Å². The van der Waals surface area contributed by atoms with Crippen LogP contribution in [-0.2, 0) is 17.8 Å². The van der Waals surface area contributed by atoms with Gasteiger partial charge in [0.15, 0.2) is 0 Å². The number of hydrogen-bond acceptors (Lipinski definition) is 3. The topological polar surface area (TPSA) is 81.4 Å². The molecule has 2 amide bonds. The summed E-state index contributed by atoms with van der Waals surface area (Å²) in [6, 6.07) is 25.2. The van der Waals surface area contributed by atoms with E-state index in [0.29, 0.717) is 17.9 Å². The molecular formula is C23H22N2O3. The van der Waals surface area contributed by atoms with Crippen molar-refractivity contribution in [1.82, 2.24) is 5.32 Å². The van der Waals surface area contributed by atoms with Gasteiger partial charge in [-0.05, 0) is 35.4 Å². The molecule has 0 aliphatic carbocycles. The summed E-state index contributed by atoms with van der Waals surface area (Å²) in [7, 11) is 0. The molecule has 5 heteroatoms. The lowest BCUT2D eigenvalue weighted by molar-refractivity contribution is -0.119. The van der Waals surface area contributed by atoms with Crippen molar-refractivity contribution >= 4 is 11.8 Å². The van der Waals surface area contributed by atoms with Gasteiger partial charge in [0.05, 0.1) is 0 Å². The number of carbonyl (C=O) groups is 2.